The van der Waals surface area contributed by atoms with Gasteiger partial charge in [-0.1, -0.05) is 12.1 Å². The molecule has 2 fully saturated rings. The third-order valence-corrected chi connectivity index (χ3v) is 4.28. The van der Waals surface area contributed by atoms with Gasteiger partial charge in [-0.15, -0.1) is 0 Å². The van der Waals surface area contributed by atoms with Crippen molar-refractivity contribution in [2.75, 3.05) is 5.32 Å². The number of nitrogens with one attached hydrogen (secondary N) is 1. The molecule has 2 aliphatic heterocycles. The van der Waals surface area contributed by atoms with E-state index in [1.807, 2.05) is 0 Å². The minimum absolute atomic E-state index is 0.0354. The molecule has 2 saturated heterocycles. The summed E-state index contributed by atoms with van der Waals surface area (Å²) in [6.07, 6.45) is 0.431. The summed E-state index contributed by atoms with van der Waals surface area (Å²) < 4.78 is 5.54. The van der Waals surface area contributed by atoms with E-state index in [1.54, 1.807) is 12.1 Å². The third-order valence-electron chi connectivity index (χ3n) is 4.28. The highest BCUT2D eigenvalue weighted by Crippen LogP contribution is 2.44. The lowest BCUT2D eigenvalue weighted by atomic mass is 9.78. The van der Waals surface area contributed by atoms with Crippen molar-refractivity contribution in [1.29, 1.82) is 0 Å². The molecule has 0 aliphatic carbocycles. The zero-order valence-electron chi connectivity index (χ0n) is 11.6. The molecule has 22 heavy (non-hydrogen) atoms. The fourth-order valence-electron chi connectivity index (χ4n) is 3.32. The van der Waals surface area contributed by atoms with Gasteiger partial charge in [0, 0.05) is 0 Å². The number of hydrogen-bond donors (Lipinski definition) is 3. The van der Waals surface area contributed by atoms with Crippen molar-refractivity contribution in [3.8, 4) is 0 Å². The maximum absolute atomic E-state index is 12.4. The van der Waals surface area contributed by atoms with Gasteiger partial charge in [0.15, 0.2) is 0 Å². The van der Waals surface area contributed by atoms with Crippen LogP contribution in [0.4, 0.5) is 5.69 Å². The SMILES string of the molecule is O=C(O)c1ccccc1NC(=O)[C@@H]1[C@H](C(=O)O)[C@@H]2CC[C@H]1O2. The number of rotatable bonds is 4. The Morgan fingerprint density at radius 3 is 2.32 bits per heavy atom. The maximum Gasteiger partial charge on any atom is 0.337 e. The number of benzene rings is 1. The molecular formula is C15H15NO6. The number of aliphatic carboxylic acids is 1. The van der Waals surface area contributed by atoms with Gasteiger partial charge < -0.3 is 20.3 Å². The minimum atomic E-state index is -1.16. The fourth-order valence-corrected chi connectivity index (χ4v) is 3.32. The first-order valence-electron chi connectivity index (χ1n) is 7.00. The van der Waals surface area contributed by atoms with E-state index < -0.39 is 41.9 Å². The standard InChI is InChI=1S/C15H15NO6/c17-13(16-8-4-2-1-3-7(8)14(18)19)11-9-5-6-10(22-9)12(11)15(20)21/h1-4,9-12H,5-6H2,(H,16,17)(H,18,19)(H,20,21)/t9-,10+,11+,12-/m1/s1. The Balaban J connectivity index is 1.83. The molecule has 3 rings (SSSR count). The molecule has 7 nitrogen and oxygen atoms in total. The molecule has 0 spiro atoms. The quantitative estimate of drug-likeness (QED) is 0.770. The second-order valence-corrected chi connectivity index (χ2v) is 5.52. The van der Waals surface area contributed by atoms with Crippen LogP contribution in [0.2, 0.25) is 0 Å². The van der Waals surface area contributed by atoms with Crippen LogP contribution < -0.4 is 5.32 Å². The first kappa shape index (κ1) is 14.5. The number of ether oxygens (including phenoxy) is 1. The van der Waals surface area contributed by atoms with Gasteiger partial charge in [-0.2, -0.15) is 0 Å². The molecule has 0 radical (unpaired) electrons. The van der Waals surface area contributed by atoms with Gasteiger partial charge in [0.1, 0.15) is 0 Å². The van der Waals surface area contributed by atoms with Crippen LogP contribution in [0.5, 0.6) is 0 Å². The van der Waals surface area contributed by atoms with Gasteiger partial charge in [0.25, 0.3) is 0 Å². The predicted molar refractivity (Wildman–Crippen MR) is 74.5 cm³/mol. The van der Waals surface area contributed by atoms with E-state index in [1.165, 1.54) is 12.1 Å². The minimum Gasteiger partial charge on any atom is -0.481 e. The van der Waals surface area contributed by atoms with E-state index in [2.05, 4.69) is 5.32 Å². The Labute approximate surface area is 125 Å². The Hall–Kier alpha value is -2.41. The average molecular weight is 305 g/mol. The highest BCUT2D eigenvalue weighted by Gasteiger charge is 2.55. The van der Waals surface area contributed by atoms with Crippen LogP contribution in [-0.2, 0) is 14.3 Å². The van der Waals surface area contributed by atoms with Gasteiger partial charge in [-0.05, 0) is 25.0 Å². The summed E-state index contributed by atoms with van der Waals surface area (Å²) in [5.41, 5.74) is 0.124. The molecule has 0 aromatic heterocycles. The molecule has 3 N–H and O–H groups in total. The van der Waals surface area contributed by atoms with E-state index in [0.29, 0.717) is 12.8 Å². The van der Waals surface area contributed by atoms with Crippen molar-refractivity contribution < 1.29 is 29.3 Å². The van der Waals surface area contributed by atoms with Crippen LogP contribution >= 0.6 is 0 Å². The number of amides is 1. The van der Waals surface area contributed by atoms with Crippen molar-refractivity contribution >= 4 is 23.5 Å². The molecule has 7 heteroatoms. The van der Waals surface area contributed by atoms with Gasteiger partial charge in [-0.25, -0.2) is 4.79 Å². The molecule has 0 saturated carbocycles. The Kier molecular flexibility index (Phi) is 3.58. The van der Waals surface area contributed by atoms with Crippen molar-refractivity contribution in [2.45, 2.75) is 25.0 Å². The van der Waals surface area contributed by atoms with Gasteiger partial charge in [0.05, 0.1) is 35.3 Å². The van der Waals surface area contributed by atoms with Crippen LogP contribution in [0, 0.1) is 11.8 Å². The maximum atomic E-state index is 12.4. The summed E-state index contributed by atoms with van der Waals surface area (Å²) in [6, 6.07) is 6.02. The lowest BCUT2D eigenvalue weighted by molar-refractivity contribution is -0.147. The van der Waals surface area contributed by atoms with Crippen LogP contribution in [0.3, 0.4) is 0 Å². The van der Waals surface area contributed by atoms with E-state index >= 15 is 0 Å². The smallest absolute Gasteiger partial charge is 0.337 e. The average Bonchev–Trinajstić information content (AvgIpc) is 3.08. The normalized spacial score (nSPS) is 29.3. The fraction of sp³-hybridized carbons (Fsp3) is 0.400. The predicted octanol–water partition coefficient (Wildman–Crippen LogP) is 1.20. The molecule has 1 aromatic rings. The number of para-hydroxylation sites is 1. The second-order valence-electron chi connectivity index (χ2n) is 5.52. The van der Waals surface area contributed by atoms with Crippen LogP contribution in [0.25, 0.3) is 0 Å². The van der Waals surface area contributed by atoms with Crippen LogP contribution in [-0.4, -0.2) is 40.3 Å². The molecular weight excluding hydrogens is 290 g/mol. The number of aromatic carboxylic acids is 1. The third kappa shape index (κ3) is 2.33. The van der Waals surface area contributed by atoms with Crippen molar-refractivity contribution in [1.82, 2.24) is 0 Å². The molecule has 2 bridgehead atoms. The van der Waals surface area contributed by atoms with Gasteiger partial charge >= 0.3 is 11.9 Å². The Morgan fingerprint density at radius 2 is 1.68 bits per heavy atom. The zero-order valence-corrected chi connectivity index (χ0v) is 11.6. The first-order valence-corrected chi connectivity index (χ1v) is 7.00. The largest absolute Gasteiger partial charge is 0.481 e. The van der Waals surface area contributed by atoms with Crippen LogP contribution in [0.15, 0.2) is 24.3 Å². The summed E-state index contributed by atoms with van der Waals surface area (Å²) in [5, 5.41) is 21.0. The molecule has 0 unspecified atom stereocenters. The number of carbonyl (C=O) groups excluding carboxylic acids is 1. The number of carbonyl (C=O) groups is 3. The number of carboxylic acid groups (broad SMARTS) is 2. The summed E-state index contributed by atoms with van der Waals surface area (Å²) >= 11 is 0. The second kappa shape index (κ2) is 5.42. The Bertz CT molecular complexity index is 643. The van der Waals surface area contributed by atoms with Crippen molar-refractivity contribution in [3.63, 3.8) is 0 Å². The lowest BCUT2D eigenvalue weighted by Gasteiger charge is -2.24. The molecule has 2 aliphatic rings. The lowest BCUT2D eigenvalue weighted by Crippen LogP contribution is -2.41. The number of anilines is 1. The molecule has 116 valence electrons. The summed E-state index contributed by atoms with van der Waals surface area (Å²) in [4.78, 5) is 35.0. The van der Waals surface area contributed by atoms with E-state index in [0.717, 1.165) is 0 Å². The Morgan fingerprint density at radius 1 is 1.05 bits per heavy atom. The summed E-state index contributed by atoms with van der Waals surface area (Å²) in [5.74, 6) is -4.39. The monoisotopic (exact) mass is 305 g/mol. The zero-order chi connectivity index (χ0) is 15.9. The summed E-state index contributed by atoms with van der Waals surface area (Å²) in [6.45, 7) is 0. The van der Waals surface area contributed by atoms with Gasteiger partial charge in [0.2, 0.25) is 5.91 Å². The molecule has 2 heterocycles. The van der Waals surface area contributed by atoms with Crippen molar-refractivity contribution in [3.05, 3.63) is 29.8 Å². The van der Waals surface area contributed by atoms with Crippen molar-refractivity contribution in [2.24, 2.45) is 11.8 Å². The highest BCUT2D eigenvalue weighted by atomic mass is 16.5. The van der Waals surface area contributed by atoms with Crippen LogP contribution in [0.1, 0.15) is 23.2 Å². The van der Waals surface area contributed by atoms with E-state index in [9.17, 15) is 19.5 Å². The van der Waals surface area contributed by atoms with E-state index in [-0.39, 0.29) is 11.3 Å². The van der Waals surface area contributed by atoms with Gasteiger partial charge in [-0.3, -0.25) is 9.59 Å². The summed E-state index contributed by atoms with van der Waals surface area (Å²) in [7, 11) is 0. The number of fused-ring (bicyclic) bond motifs is 2. The number of hydrogen-bond acceptors (Lipinski definition) is 4. The first-order chi connectivity index (χ1) is 10.5. The molecule has 1 aromatic carbocycles. The molecule has 4 atom stereocenters. The van der Waals surface area contributed by atoms with E-state index in [4.69, 9.17) is 9.84 Å². The molecule has 1 amide bonds. The highest BCUT2D eigenvalue weighted by molar-refractivity contribution is 6.02. The topological polar surface area (TPSA) is 113 Å². The number of carboxylic acids is 2.